The van der Waals surface area contributed by atoms with Crippen LogP contribution in [0.2, 0.25) is 0 Å². The van der Waals surface area contributed by atoms with Gasteiger partial charge in [0.05, 0.1) is 5.56 Å². The van der Waals surface area contributed by atoms with E-state index in [2.05, 4.69) is 0 Å². The lowest BCUT2D eigenvalue weighted by molar-refractivity contribution is 0.0994. The third kappa shape index (κ3) is 2.60. The highest BCUT2D eigenvalue weighted by molar-refractivity contribution is 6.09. The Hall–Kier alpha value is -2.29. The van der Waals surface area contributed by atoms with Gasteiger partial charge in [-0.1, -0.05) is 24.3 Å². The van der Waals surface area contributed by atoms with Gasteiger partial charge in [-0.25, -0.2) is 0 Å². The van der Waals surface area contributed by atoms with Crippen molar-refractivity contribution in [1.29, 1.82) is 0 Å². The summed E-state index contributed by atoms with van der Waals surface area (Å²) in [7, 11) is 1.76. The Bertz CT molecular complexity index is 620. The molecule has 2 aromatic rings. The fourth-order valence-electron chi connectivity index (χ4n) is 2.00. The van der Waals surface area contributed by atoms with E-state index in [1.807, 2.05) is 50.2 Å². The SMILES string of the molecule is Cc1cccc(N(C)C(=O)c2cccc(C)c2N)c1. The van der Waals surface area contributed by atoms with E-state index in [0.29, 0.717) is 11.3 Å². The lowest BCUT2D eigenvalue weighted by Crippen LogP contribution is -2.27. The van der Waals surface area contributed by atoms with Gasteiger partial charge < -0.3 is 10.6 Å². The smallest absolute Gasteiger partial charge is 0.260 e. The van der Waals surface area contributed by atoms with Gasteiger partial charge in [0.1, 0.15) is 0 Å². The van der Waals surface area contributed by atoms with Crippen molar-refractivity contribution in [2.75, 3.05) is 17.7 Å². The van der Waals surface area contributed by atoms with E-state index < -0.39 is 0 Å². The van der Waals surface area contributed by atoms with Gasteiger partial charge in [0.2, 0.25) is 0 Å². The van der Waals surface area contributed by atoms with Gasteiger partial charge in [0.25, 0.3) is 5.91 Å². The highest BCUT2D eigenvalue weighted by atomic mass is 16.2. The molecular formula is C16H18N2O. The molecule has 0 heterocycles. The summed E-state index contributed by atoms with van der Waals surface area (Å²) in [4.78, 5) is 14.1. The van der Waals surface area contributed by atoms with Crippen LogP contribution in [0, 0.1) is 13.8 Å². The third-order valence-electron chi connectivity index (χ3n) is 3.25. The summed E-state index contributed by atoms with van der Waals surface area (Å²) < 4.78 is 0. The average Bonchev–Trinajstić information content (AvgIpc) is 2.40. The fraction of sp³-hybridized carbons (Fsp3) is 0.188. The first-order valence-corrected chi connectivity index (χ1v) is 6.20. The van der Waals surface area contributed by atoms with Gasteiger partial charge in [0, 0.05) is 18.4 Å². The lowest BCUT2D eigenvalue weighted by atomic mass is 10.1. The number of hydrogen-bond acceptors (Lipinski definition) is 2. The minimum absolute atomic E-state index is 0.0909. The minimum Gasteiger partial charge on any atom is -0.398 e. The maximum Gasteiger partial charge on any atom is 0.260 e. The summed E-state index contributed by atoms with van der Waals surface area (Å²) in [5, 5.41) is 0. The van der Waals surface area contributed by atoms with Gasteiger partial charge >= 0.3 is 0 Å². The molecule has 0 fully saturated rings. The zero-order valence-corrected chi connectivity index (χ0v) is 11.5. The van der Waals surface area contributed by atoms with Crippen LogP contribution in [-0.2, 0) is 0 Å². The maximum atomic E-state index is 12.5. The van der Waals surface area contributed by atoms with Gasteiger partial charge in [-0.05, 0) is 43.2 Å². The second-order valence-corrected chi connectivity index (χ2v) is 4.74. The Morgan fingerprint density at radius 2 is 1.79 bits per heavy atom. The van der Waals surface area contributed by atoms with E-state index in [9.17, 15) is 4.79 Å². The average molecular weight is 254 g/mol. The third-order valence-corrected chi connectivity index (χ3v) is 3.25. The molecule has 0 atom stereocenters. The molecule has 3 nitrogen and oxygen atoms in total. The molecular weight excluding hydrogens is 236 g/mol. The van der Waals surface area contributed by atoms with Crippen molar-refractivity contribution in [3.8, 4) is 0 Å². The first kappa shape index (κ1) is 13.1. The lowest BCUT2D eigenvalue weighted by Gasteiger charge is -2.19. The van der Waals surface area contributed by atoms with Crippen molar-refractivity contribution < 1.29 is 4.79 Å². The first-order chi connectivity index (χ1) is 9.00. The summed E-state index contributed by atoms with van der Waals surface area (Å²) in [5.41, 5.74) is 9.98. The van der Waals surface area contributed by atoms with Crippen LogP contribution in [0.15, 0.2) is 42.5 Å². The molecule has 3 heteroatoms. The summed E-state index contributed by atoms with van der Waals surface area (Å²) in [6, 6.07) is 13.3. The van der Waals surface area contributed by atoms with E-state index in [0.717, 1.165) is 16.8 Å². The second-order valence-electron chi connectivity index (χ2n) is 4.74. The van der Waals surface area contributed by atoms with Crippen molar-refractivity contribution in [1.82, 2.24) is 0 Å². The highest BCUT2D eigenvalue weighted by Crippen LogP contribution is 2.21. The normalized spacial score (nSPS) is 10.3. The van der Waals surface area contributed by atoms with Crippen molar-refractivity contribution in [3.05, 3.63) is 59.2 Å². The zero-order chi connectivity index (χ0) is 14.0. The molecule has 0 spiro atoms. The van der Waals surface area contributed by atoms with Gasteiger partial charge in [-0.2, -0.15) is 0 Å². The molecule has 0 aliphatic heterocycles. The van der Waals surface area contributed by atoms with E-state index in [-0.39, 0.29) is 5.91 Å². The Kier molecular flexibility index (Phi) is 3.56. The number of amides is 1. The maximum absolute atomic E-state index is 12.5. The first-order valence-electron chi connectivity index (χ1n) is 6.20. The Labute approximate surface area is 113 Å². The molecule has 2 rings (SSSR count). The molecule has 0 radical (unpaired) electrons. The molecule has 1 amide bonds. The highest BCUT2D eigenvalue weighted by Gasteiger charge is 2.16. The number of aryl methyl sites for hydroxylation is 2. The number of nitrogens with two attached hydrogens (primary N) is 1. The molecule has 0 saturated heterocycles. The summed E-state index contributed by atoms with van der Waals surface area (Å²) >= 11 is 0. The number of anilines is 2. The topological polar surface area (TPSA) is 46.3 Å². The van der Waals surface area contributed by atoms with Crippen LogP contribution in [0.4, 0.5) is 11.4 Å². The van der Waals surface area contributed by atoms with Crippen LogP contribution in [-0.4, -0.2) is 13.0 Å². The van der Waals surface area contributed by atoms with Gasteiger partial charge in [0.15, 0.2) is 0 Å². The van der Waals surface area contributed by atoms with E-state index in [1.54, 1.807) is 18.0 Å². The Balaban J connectivity index is 2.36. The molecule has 0 bridgehead atoms. The predicted octanol–water partition coefficient (Wildman–Crippen LogP) is 3.16. The molecule has 0 saturated carbocycles. The van der Waals surface area contributed by atoms with E-state index in [4.69, 9.17) is 5.73 Å². The standard InChI is InChI=1S/C16H18N2O/c1-11-6-4-8-13(10-11)18(3)16(19)14-9-5-7-12(2)15(14)17/h4-10H,17H2,1-3H3. The Morgan fingerprint density at radius 3 is 2.47 bits per heavy atom. The van der Waals surface area contributed by atoms with Crippen LogP contribution in [0.5, 0.6) is 0 Å². The van der Waals surface area contributed by atoms with Crippen molar-refractivity contribution in [3.63, 3.8) is 0 Å². The zero-order valence-electron chi connectivity index (χ0n) is 11.5. The van der Waals surface area contributed by atoms with Crippen LogP contribution < -0.4 is 10.6 Å². The number of nitrogen functional groups attached to an aromatic ring is 1. The molecule has 0 aliphatic carbocycles. The minimum atomic E-state index is -0.0909. The number of nitrogens with zero attached hydrogens (tertiary/aromatic N) is 1. The molecule has 19 heavy (non-hydrogen) atoms. The predicted molar refractivity (Wildman–Crippen MR) is 79.5 cm³/mol. The monoisotopic (exact) mass is 254 g/mol. The van der Waals surface area contributed by atoms with Crippen LogP contribution in [0.3, 0.4) is 0 Å². The summed E-state index contributed by atoms with van der Waals surface area (Å²) in [5.74, 6) is -0.0909. The molecule has 0 unspecified atom stereocenters. The molecule has 2 aromatic carbocycles. The summed E-state index contributed by atoms with van der Waals surface area (Å²) in [6.07, 6.45) is 0. The largest absolute Gasteiger partial charge is 0.398 e. The van der Waals surface area contributed by atoms with Crippen molar-refractivity contribution in [2.24, 2.45) is 0 Å². The van der Waals surface area contributed by atoms with Crippen LogP contribution >= 0.6 is 0 Å². The molecule has 98 valence electrons. The molecule has 2 N–H and O–H groups in total. The van der Waals surface area contributed by atoms with E-state index in [1.165, 1.54) is 0 Å². The molecule has 0 aliphatic rings. The fourth-order valence-corrected chi connectivity index (χ4v) is 2.00. The molecule has 0 aromatic heterocycles. The second kappa shape index (κ2) is 5.14. The summed E-state index contributed by atoms with van der Waals surface area (Å²) in [6.45, 7) is 3.90. The van der Waals surface area contributed by atoms with Crippen LogP contribution in [0.1, 0.15) is 21.5 Å². The number of carbonyl (C=O) groups is 1. The number of carbonyl (C=O) groups excluding carboxylic acids is 1. The number of rotatable bonds is 2. The number of benzene rings is 2. The van der Waals surface area contributed by atoms with E-state index >= 15 is 0 Å². The van der Waals surface area contributed by atoms with Gasteiger partial charge in [-0.3, -0.25) is 4.79 Å². The van der Waals surface area contributed by atoms with Crippen molar-refractivity contribution in [2.45, 2.75) is 13.8 Å². The Morgan fingerprint density at radius 1 is 1.11 bits per heavy atom. The van der Waals surface area contributed by atoms with Gasteiger partial charge in [-0.15, -0.1) is 0 Å². The van der Waals surface area contributed by atoms with Crippen molar-refractivity contribution >= 4 is 17.3 Å². The number of para-hydroxylation sites is 1. The quantitative estimate of drug-likeness (QED) is 0.837. The number of hydrogen-bond donors (Lipinski definition) is 1. The van der Waals surface area contributed by atoms with Crippen LogP contribution in [0.25, 0.3) is 0 Å².